The van der Waals surface area contributed by atoms with Crippen molar-refractivity contribution in [1.29, 1.82) is 0 Å². The van der Waals surface area contributed by atoms with Crippen LogP contribution >= 0.6 is 11.3 Å². The molecule has 0 spiro atoms. The monoisotopic (exact) mass is 437 g/mol. The summed E-state index contributed by atoms with van der Waals surface area (Å²) in [5.74, 6) is -0.255. The van der Waals surface area contributed by atoms with Crippen LogP contribution in [0.2, 0.25) is 0 Å². The van der Waals surface area contributed by atoms with Gasteiger partial charge in [0.1, 0.15) is 10.0 Å². The second-order valence-electron chi connectivity index (χ2n) is 7.40. The summed E-state index contributed by atoms with van der Waals surface area (Å²) in [6, 6.07) is 9.78. The molecule has 2 saturated heterocycles. The van der Waals surface area contributed by atoms with Gasteiger partial charge in [0.25, 0.3) is 10.0 Å². The summed E-state index contributed by atoms with van der Waals surface area (Å²) in [5, 5.41) is 1.76. The summed E-state index contributed by atoms with van der Waals surface area (Å²) in [4.78, 5) is 17.0. The number of benzene rings is 1. The van der Waals surface area contributed by atoms with Crippen LogP contribution in [0.4, 0.5) is 10.1 Å². The number of piperidine rings is 1. The number of thiophene rings is 1. The number of hydrogen-bond acceptors (Lipinski definition) is 5. The van der Waals surface area contributed by atoms with Crippen LogP contribution in [0.5, 0.6) is 0 Å². The molecule has 2 aliphatic heterocycles. The van der Waals surface area contributed by atoms with E-state index in [2.05, 4.69) is 4.90 Å². The summed E-state index contributed by atoms with van der Waals surface area (Å²) >= 11 is 1.22. The summed E-state index contributed by atoms with van der Waals surface area (Å²) in [7, 11) is -3.44. The molecule has 1 aromatic carbocycles. The van der Waals surface area contributed by atoms with Gasteiger partial charge in [0.15, 0.2) is 0 Å². The number of sulfonamides is 1. The van der Waals surface area contributed by atoms with Gasteiger partial charge in [-0.15, -0.1) is 11.3 Å². The number of anilines is 1. The van der Waals surface area contributed by atoms with Crippen LogP contribution in [-0.4, -0.2) is 62.8 Å². The number of halogens is 1. The molecule has 6 nitrogen and oxygen atoms in total. The minimum atomic E-state index is -3.44. The van der Waals surface area contributed by atoms with Crippen molar-refractivity contribution in [3.8, 4) is 0 Å². The number of hydrogen-bond donors (Lipinski definition) is 0. The molecule has 9 heteroatoms. The minimum Gasteiger partial charge on any atom is -0.368 e. The van der Waals surface area contributed by atoms with E-state index in [0.717, 1.165) is 5.69 Å². The number of amides is 1. The number of piperazine rings is 1. The zero-order valence-electron chi connectivity index (χ0n) is 16.0. The molecule has 3 heterocycles. The van der Waals surface area contributed by atoms with Crippen molar-refractivity contribution >= 4 is 33.0 Å². The molecule has 0 unspecified atom stereocenters. The topological polar surface area (TPSA) is 60.9 Å². The maximum Gasteiger partial charge on any atom is 0.252 e. The Morgan fingerprint density at radius 3 is 2.21 bits per heavy atom. The first-order chi connectivity index (χ1) is 13.9. The molecule has 1 aromatic heterocycles. The van der Waals surface area contributed by atoms with Crippen molar-refractivity contribution in [1.82, 2.24) is 9.21 Å². The molecule has 2 fully saturated rings. The number of rotatable bonds is 4. The van der Waals surface area contributed by atoms with E-state index >= 15 is 0 Å². The van der Waals surface area contributed by atoms with Gasteiger partial charge in [-0.25, -0.2) is 12.8 Å². The maximum absolute atomic E-state index is 13.1. The van der Waals surface area contributed by atoms with E-state index in [1.54, 1.807) is 29.6 Å². The highest BCUT2D eigenvalue weighted by Gasteiger charge is 2.35. The van der Waals surface area contributed by atoms with Crippen molar-refractivity contribution < 1.29 is 17.6 Å². The van der Waals surface area contributed by atoms with Crippen molar-refractivity contribution in [2.75, 3.05) is 44.2 Å². The second-order valence-corrected chi connectivity index (χ2v) is 10.5. The van der Waals surface area contributed by atoms with Crippen molar-refractivity contribution in [3.05, 3.63) is 47.6 Å². The molecule has 2 aromatic rings. The Labute approximate surface area is 174 Å². The average Bonchev–Trinajstić information content (AvgIpc) is 3.30. The Kier molecular flexibility index (Phi) is 5.89. The summed E-state index contributed by atoms with van der Waals surface area (Å²) in [5.41, 5.74) is 0.964. The number of nitrogens with zero attached hydrogens (tertiary/aromatic N) is 3. The molecule has 1 amide bonds. The van der Waals surface area contributed by atoms with E-state index in [4.69, 9.17) is 0 Å². The lowest BCUT2D eigenvalue weighted by atomic mass is 9.96. The van der Waals surface area contributed by atoms with Gasteiger partial charge in [0, 0.05) is 50.9 Å². The van der Waals surface area contributed by atoms with Gasteiger partial charge in [-0.05, 0) is 48.6 Å². The highest BCUT2D eigenvalue weighted by molar-refractivity contribution is 7.91. The molecule has 0 saturated carbocycles. The van der Waals surface area contributed by atoms with Crippen LogP contribution in [0.25, 0.3) is 0 Å². The molecule has 0 bridgehead atoms. The van der Waals surface area contributed by atoms with Crippen molar-refractivity contribution in [2.45, 2.75) is 17.1 Å². The number of carbonyl (C=O) groups excluding carboxylic acids is 1. The number of carbonyl (C=O) groups is 1. The highest BCUT2D eigenvalue weighted by Crippen LogP contribution is 2.27. The van der Waals surface area contributed by atoms with Gasteiger partial charge in [-0.2, -0.15) is 4.31 Å². The van der Waals surface area contributed by atoms with E-state index in [0.29, 0.717) is 56.3 Å². The third-order valence-electron chi connectivity index (χ3n) is 5.68. The largest absolute Gasteiger partial charge is 0.368 e. The highest BCUT2D eigenvalue weighted by atomic mass is 32.2. The second kappa shape index (κ2) is 8.41. The zero-order chi connectivity index (χ0) is 20.4. The minimum absolute atomic E-state index is 0.122. The van der Waals surface area contributed by atoms with Gasteiger partial charge < -0.3 is 9.80 Å². The van der Waals surface area contributed by atoms with E-state index in [9.17, 15) is 17.6 Å². The fraction of sp³-hybridized carbons (Fsp3) is 0.450. The Morgan fingerprint density at radius 1 is 0.966 bits per heavy atom. The first kappa shape index (κ1) is 20.3. The Hall–Kier alpha value is -1.97. The Balaban J connectivity index is 1.30. The SMILES string of the molecule is O=C(C1CCN(S(=O)(=O)c2cccs2)CC1)N1CCN(c2ccc(F)cc2)CC1. The molecule has 0 atom stereocenters. The lowest BCUT2D eigenvalue weighted by Gasteiger charge is -2.39. The van der Waals surface area contributed by atoms with E-state index in [1.807, 2.05) is 4.90 Å². The molecule has 4 rings (SSSR count). The van der Waals surface area contributed by atoms with Crippen molar-refractivity contribution in [3.63, 3.8) is 0 Å². The third kappa shape index (κ3) is 4.31. The van der Waals surface area contributed by atoms with Gasteiger partial charge in [0.2, 0.25) is 5.91 Å². The molecular weight excluding hydrogens is 413 g/mol. The Bertz CT molecular complexity index is 932. The van der Waals surface area contributed by atoms with Gasteiger partial charge in [-0.1, -0.05) is 6.07 Å². The Morgan fingerprint density at radius 2 is 1.62 bits per heavy atom. The lowest BCUT2D eigenvalue weighted by molar-refractivity contribution is -0.137. The molecule has 29 heavy (non-hydrogen) atoms. The van der Waals surface area contributed by atoms with Crippen LogP contribution in [0.15, 0.2) is 46.0 Å². The van der Waals surface area contributed by atoms with Crippen LogP contribution in [0, 0.1) is 11.7 Å². The van der Waals surface area contributed by atoms with E-state index in [-0.39, 0.29) is 17.6 Å². The van der Waals surface area contributed by atoms with E-state index < -0.39 is 10.0 Å². The summed E-state index contributed by atoms with van der Waals surface area (Å²) in [6.45, 7) is 3.44. The van der Waals surface area contributed by atoms with Crippen LogP contribution in [0.3, 0.4) is 0 Å². The molecule has 0 aliphatic carbocycles. The molecule has 2 aliphatic rings. The molecular formula is C20H24FN3O3S2. The van der Waals surface area contributed by atoms with Gasteiger partial charge in [-0.3, -0.25) is 4.79 Å². The van der Waals surface area contributed by atoms with Crippen LogP contribution in [-0.2, 0) is 14.8 Å². The third-order valence-corrected chi connectivity index (χ3v) is 8.95. The fourth-order valence-corrected chi connectivity index (χ4v) is 6.59. The molecule has 0 radical (unpaired) electrons. The predicted molar refractivity (Wildman–Crippen MR) is 111 cm³/mol. The zero-order valence-corrected chi connectivity index (χ0v) is 17.7. The predicted octanol–water partition coefficient (Wildman–Crippen LogP) is 2.64. The lowest BCUT2D eigenvalue weighted by Crippen LogP contribution is -2.52. The summed E-state index contributed by atoms with van der Waals surface area (Å²) in [6.07, 6.45) is 1.11. The van der Waals surface area contributed by atoms with Crippen LogP contribution < -0.4 is 4.90 Å². The van der Waals surface area contributed by atoms with E-state index in [1.165, 1.54) is 27.8 Å². The maximum atomic E-state index is 13.1. The fourth-order valence-electron chi connectivity index (χ4n) is 3.98. The quantitative estimate of drug-likeness (QED) is 0.738. The smallest absolute Gasteiger partial charge is 0.252 e. The standard InChI is InChI=1S/C20H24FN3O3S2/c21-17-3-5-18(6-4-17)22-11-13-23(14-12-22)20(25)16-7-9-24(10-8-16)29(26,27)19-2-1-15-28-19/h1-6,15-16H,7-14H2. The average molecular weight is 438 g/mol. The molecule has 0 N–H and O–H groups in total. The first-order valence-corrected chi connectivity index (χ1v) is 12.1. The van der Waals surface area contributed by atoms with Gasteiger partial charge in [0.05, 0.1) is 0 Å². The first-order valence-electron chi connectivity index (χ1n) is 9.78. The van der Waals surface area contributed by atoms with Crippen LogP contribution in [0.1, 0.15) is 12.8 Å². The van der Waals surface area contributed by atoms with Gasteiger partial charge >= 0.3 is 0 Å². The van der Waals surface area contributed by atoms with Crippen molar-refractivity contribution in [2.24, 2.45) is 5.92 Å². The molecule has 156 valence electrons. The normalized spacial score (nSPS) is 19.5. The summed E-state index contributed by atoms with van der Waals surface area (Å²) < 4.78 is 40.2.